The Morgan fingerprint density at radius 3 is 2.65 bits per heavy atom. The summed E-state index contributed by atoms with van der Waals surface area (Å²) in [4.78, 5) is 24.2. The van der Waals surface area contributed by atoms with Gasteiger partial charge in [0.15, 0.2) is 0 Å². The minimum Gasteiger partial charge on any atom is -0.352 e. The molecular weight excluding hydrogens is 254 g/mol. The van der Waals surface area contributed by atoms with E-state index >= 15 is 0 Å². The highest BCUT2D eigenvalue weighted by molar-refractivity contribution is 6.04. The fraction of sp³-hybridized carbons (Fsp3) is 0.467. The number of hydrogen-bond acceptors (Lipinski definition) is 3. The van der Waals surface area contributed by atoms with Crippen LogP contribution in [0, 0.1) is 11.8 Å². The second-order valence-corrected chi connectivity index (χ2v) is 5.10. The molecule has 1 aliphatic rings. The normalized spacial score (nSPS) is 16.1. The van der Waals surface area contributed by atoms with E-state index in [4.69, 9.17) is 0 Å². The molecule has 20 heavy (non-hydrogen) atoms. The van der Waals surface area contributed by atoms with Crippen molar-refractivity contribution in [1.82, 2.24) is 10.6 Å². The zero-order valence-electron chi connectivity index (χ0n) is 11.9. The summed E-state index contributed by atoms with van der Waals surface area (Å²) in [7, 11) is 0. The number of carbonyl (C=O) groups is 2. The third-order valence-electron chi connectivity index (χ3n) is 3.70. The van der Waals surface area contributed by atoms with Gasteiger partial charge in [0.05, 0.1) is 11.3 Å². The lowest BCUT2D eigenvalue weighted by Crippen LogP contribution is -2.48. The number of carbonyl (C=O) groups excluding carboxylic acids is 2. The van der Waals surface area contributed by atoms with Crippen LogP contribution in [0.3, 0.4) is 0 Å². The monoisotopic (exact) mass is 275 g/mol. The first-order valence-corrected chi connectivity index (χ1v) is 7.02. The van der Waals surface area contributed by atoms with Crippen LogP contribution in [0.2, 0.25) is 0 Å². The molecule has 2 rings (SSSR count). The van der Waals surface area contributed by atoms with Crippen LogP contribution in [0.15, 0.2) is 24.3 Å². The molecule has 1 fully saturated rings. The molecule has 0 saturated carbocycles. The van der Waals surface area contributed by atoms with E-state index in [-0.39, 0.29) is 17.7 Å². The van der Waals surface area contributed by atoms with Crippen molar-refractivity contribution in [3.05, 3.63) is 29.8 Å². The molecule has 3 N–H and O–H groups in total. The molecule has 1 aliphatic heterocycles. The van der Waals surface area contributed by atoms with Crippen LogP contribution >= 0.6 is 0 Å². The average molecular weight is 275 g/mol. The molecule has 108 valence electrons. The molecule has 5 nitrogen and oxygen atoms in total. The van der Waals surface area contributed by atoms with Gasteiger partial charge >= 0.3 is 0 Å². The zero-order valence-corrected chi connectivity index (χ0v) is 11.9. The number of benzene rings is 1. The summed E-state index contributed by atoms with van der Waals surface area (Å²) in [6.07, 6.45) is 0. The first-order chi connectivity index (χ1) is 9.63. The lowest BCUT2D eigenvalue weighted by atomic mass is 9.88. The van der Waals surface area contributed by atoms with Crippen molar-refractivity contribution in [3.63, 3.8) is 0 Å². The van der Waals surface area contributed by atoms with Gasteiger partial charge in [-0.3, -0.25) is 9.59 Å². The van der Waals surface area contributed by atoms with E-state index in [9.17, 15) is 9.59 Å². The van der Waals surface area contributed by atoms with E-state index in [1.54, 1.807) is 18.2 Å². The number of anilines is 1. The molecule has 1 heterocycles. The third-order valence-corrected chi connectivity index (χ3v) is 3.70. The van der Waals surface area contributed by atoms with E-state index in [0.29, 0.717) is 23.7 Å². The van der Waals surface area contributed by atoms with Gasteiger partial charge in [0, 0.05) is 12.5 Å². The van der Waals surface area contributed by atoms with E-state index in [1.165, 1.54) is 0 Å². The van der Waals surface area contributed by atoms with E-state index < -0.39 is 0 Å². The molecule has 0 spiro atoms. The predicted molar refractivity (Wildman–Crippen MR) is 78.6 cm³/mol. The Bertz CT molecular complexity index is 498. The van der Waals surface area contributed by atoms with Crippen LogP contribution in [0.5, 0.6) is 0 Å². The Hall–Kier alpha value is -1.88. The zero-order chi connectivity index (χ0) is 14.5. The Morgan fingerprint density at radius 1 is 1.35 bits per heavy atom. The smallest absolute Gasteiger partial charge is 0.253 e. The van der Waals surface area contributed by atoms with Crippen molar-refractivity contribution >= 4 is 17.5 Å². The first kappa shape index (κ1) is 14.5. The third kappa shape index (κ3) is 3.17. The second kappa shape index (κ2) is 6.52. The first-order valence-electron chi connectivity index (χ1n) is 7.02. The van der Waals surface area contributed by atoms with Crippen LogP contribution < -0.4 is 16.0 Å². The summed E-state index contributed by atoms with van der Waals surface area (Å²) < 4.78 is 0. The Balaban J connectivity index is 2.08. The quantitative estimate of drug-likeness (QED) is 0.757. The Labute approximate surface area is 119 Å². The van der Waals surface area contributed by atoms with Crippen LogP contribution in [-0.4, -0.2) is 31.4 Å². The molecule has 5 heteroatoms. The molecular formula is C15H21N3O2. The highest BCUT2D eigenvalue weighted by Crippen LogP contribution is 2.20. The minimum absolute atomic E-state index is 0.0340. The summed E-state index contributed by atoms with van der Waals surface area (Å²) in [5.74, 6) is 0.125. The van der Waals surface area contributed by atoms with Crippen LogP contribution in [0.1, 0.15) is 24.2 Å². The van der Waals surface area contributed by atoms with Crippen molar-refractivity contribution in [1.29, 1.82) is 0 Å². The van der Waals surface area contributed by atoms with Gasteiger partial charge in [-0.1, -0.05) is 19.1 Å². The molecule has 1 saturated heterocycles. The average Bonchev–Trinajstić information content (AvgIpc) is 2.37. The standard InChI is InChI=1S/C15H21N3O2/c1-3-17-15(20)12-6-4-5-7-13(12)18-14(19)10(2)11-8-16-9-11/h4-7,10-11,16H,3,8-9H2,1-2H3,(H,17,20)(H,18,19). The minimum atomic E-state index is -0.165. The topological polar surface area (TPSA) is 70.2 Å². The predicted octanol–water partition coefficient (Wildman–Crippen LogP) is 1.23. The van der Waals surface area contributed by atoms with Crippen LogP contribution in [-0.2, 0) is 4.79 Å². The highest BCUT2D eigenvalue weighted by atomic mass is 16.2. The largest absolute Gasteiger partial charge is 0.352 e. The summed E-state index contributed by atoms with van der Waals surface area (Å²) in [5, 5.41) is 8.78. The lowest BCUT2D eigenvalue weighted by molar-refractivity contribution is -0.121. The van der Waals surface area contributed by atoms with Crippen LogP contribution in [0.25, 0.3) is 0 Å². The summed E-state index contributed by atoms with van der Waals surface area (Å²) in [5.41, 5.74) is 1.07. The van der Waals surface area contributed by atoms with E-state index in [2.05, 4.69) is 16.0 Å². The molecule has 1 aromatic carbocycles. The lowest BCUT2D eigenvalue weighted by Gasteiger charge is -2.31. The van der Waals surface area contributed by atoms with Gasteiger partial charge in [-0.2, -0.15) is 0 Å². The van der Waals surface area contributed by atoms with Crippen molar-refractivity contribution in [2.24, 2.45) is 11.8 Å². The van der Waals surface area contributed by atoms with Gasteiger partial charge in [-0.15, -0.1) is 0 Å². The summed E-state index contributed by atoms with van der Waals surface area (Å²) >= 11 is 0. The summed E-state index contributed by atoms with van der Waals surface area (Å²) in [6, 6.07) is 7.08. The fourth-order valence-electron chi connectivity index (χ4n) is 2.17. The molecule has 0 aromatic heterocycles. The van der Waals surface area contributed by atoms with Gasteiger partial charge in [0.2, 0.25) is 5.91 Å². The maximum absolute atomic E-state index is 12.2. The molecule has 0 aliphatic carbocycles. The molecule has 1 aromatic rings. The van der Waals surface area contributed by atoms with Gasteiger partial charge in [-0.25, -0.2) is 0 Å². The molecule has 1 unspecified atom stereocenters. The molecule has 2 amide bonds. The van der Waals surface area contributed by atoms with Crippen molar-refractivity contribution in [3.8, 4) is 0 Å². The van der Waals surface area contributed by atoms with Gasteiger partial charge in [0.1, 0.15) is 0 Å². The van der Waals surface area contributed by atoms with Crippen LogP contribution in [0.4, 0.5) is 5.69 Å². The SMILES string of the molecule is CCNC(=O)c1ccccc1NC(=O)C(C)C1CNC1. The number of rotatable bonds is 5. The Kier molecular flexibility index (Phi) is 4.74. The van der Waals surface area contributed by atoms with E-state index in [1.807, 2.05) is 19.9 Å². The Morgan fingerprint density at radius 2 is 2.05 bits per heavy atom. The number of amides is 2. The molecule has 0 radical (unpaired) electrons. The van der Waals surface area contributed by atoms with Gasteiger partial charge in [0.25, 0.3) is 5.91 Å². The molecule has 1 atom stereocenters. The fourth-order valence-corrected chi connectivity index (χ4v) is 2.17. The number of para-hydroxylation sites is 1. The van der Waals surface area contributed by atoms with Crippen molar-refractivity contribution in [2.45, 2.75) is 13.8 Å². The maximum atomic E-state index is 12.2. The number of nitrogens with one attached hydrogen (secondary N) is 3. The second-order valence-electron chi connectivity index (χ2n) is 5.10. The summed E-state index contributed by atoms with van der Waals surface area (Å²) in [6.45, 7) is 6.12. The molecule has 0 bridgehead atoms. The van der Waals surface area contributed by atoms with Gasteiger partial charge < -0.3 is 16.0 Å². The van der Waals surface area contributed by atoms with Crippen molar-refractivity contribution < 1.29 is 9.59 Å². The van der Waals surface area contributed by atoms with Gasteiger partial charge in [-0.05, 0) is 38.1 Å². The van der Waals surface area contributed by atoms with E-state index in [0.717, 1.165) is 13.1 Å². The van der Waals surface area contributed by atoms with Crippen molar-refractivity contribution in [2.75, 3.05) is 25.0 Å². The highest BCUT2D eigenvalue weighted by Gasteiger charge is 2.29. The maximum Gasteiger partial charge on any atom is 0.253 e. The number of hydrogen-bond donors (Lipinski definition) is 3.